The Hall–Kier alpha value is -1.51. The van der Waals surface area contributed by atoms with Crippen LogP contribution < -0.4 is 0 Å². The fourth-order valence-electron chi connectivity index (χ4n) is 0.719. The molecule has 1 radical (unpaired) electrons. The molecule has 1 aromatic rings. The summed E-state index contributed by atoms with van der Waals surface area (Å²) < 4.78 is 9.01. The molecule has 0 aliphatic rings. The van der Waals surface area contributed by atoms with Gasteiger partial charge < -0.3 is 9.47 Å². The van der Waals surface area contributed by atoms with Crippen LogP contribution in [0.1, 0.15) is 5.56 Å². The number of hydrogen-bond acceptors (Lipinski definition) is 3. The summed E-state index contributed by atoms with van der Waals surface area (Å²) >= 11 is 0. The zero-order valence-corrected chi connectivity index (χ0v) is 6.74. The minimum Gasteiger partial charge on any atom is -0.438 e. The van der Waals surface area contributed by atoms with Crippen LogP contribution in [0, 0.1) is 6.07 Å². The standard InChI is InChI=1S/C9H9O3/c1-11-9(10)12-7-8-5-3-2-4-6-8/h3-6H,7H2,1H3. The molecular weight excluding hydrogens is 156 g/mol. The number of carbonyl (C=O) groups excluding carboxylic acids is 1. The first-order valence-electron chi connectivity index (χ1n) is 3.48. The Morgan fingerprint density at radius 2 is 2.17 bits per heavy atom. The summed E-state index contributed by atoms with van der Waals surface area (Å²) in [7, 11) is 1.28. The van der Waals surface area contributed by atoms with Crippen LogP contribution >= 0.6 is 0 Å². The maximum Gasteiger partial charge on any atom is 0.508 e. The van der Waals surface area contributed by atoms with Crippen molar-refractivity contribution in [2.75, 3.05) is 7.11 Å². The van der Waals surface area contributed by atoms with Crippen molar-refractivity contribution in [1.82, 2.24) is 0 Å². The quantitative estimate of drug-likeness (QED) is 0.626. The highest BCUT2D eigenvalue weighted by Gasteiger charge is 1.99. The van der Waals surface area contributed by atoms with Gasteiger partial charge in [-0.2, -0.15) is 0 Å². The molecule has 0 amide bonds. The van der Waals surface area contributed by atoms with Crippen molar-refractivity contribution in [3.63, 3.8) is 0 Å². The second-order valence-corrected chi connectivity index (χ2v) is 2.15. The van der Waals surface area contributed by atoms with Gasteiger partial charge in [0.1, 0.15) is 6.61 Å². The Morgan fingerprint density at radius 1 is 1.50 bits per heavy atom. The number of carbonyl (C=O) groups is 1. The third-order valence-corrected chi connectivity index (χ3v) is 1.31. The van der Waals surface area contributed by atoms with E-state index >= 15 is 0 Å². The van der Waals surface area contributed by atoms with Gasteiger partial charge in [-0.1, -0.05) is 24.3 Å². The Kier molecular flexibility index (Phi) is 3.14. The summed E-state index contributed by atoms with van der Waals surface area (Å²) in [6.45, 7) is 0.237. The molecule has 0 aliphatic heterocycles. The second kappa shape index (κ2) is 4.38. The summed E-state index contributed by atoms with van der Waals surface area (Å²) in [5, 5.41) is 0. The van der Waals surface area contributed by atoms with Crippen molar-refractivity contribution in [2.45, 2.75) is 6.61 Å². The Labute approximate surface area is 70.9 Å². The van der Waals surface area contributed by atoms with Crippen LogP contribution in [0.4, 0.5) is 4.79 Å². The minimum absolute atomic E-state index is 0.237. The van der Waals surface area contributed by atoms with Crippen molar-refractivity contribution in [1.29, 1.82) is 0 Å². The Balaban J connectivity index is 2.38. The lowest BCUT2D eigenvalue weighted by atomic mass is 10.2. The van der Waals surface area contributed by atoms with Crippen LogP contribution in [0.3, 0.4) is 0 Å². The number of rotatable bonds is 2. The molecule has 0 atom stereocenters. The van der Waals surface area contributed by atoms with Crippen LogP contribution in [0.5, 0.6) is 0 Å². The van der Waals surface area contributed by atoms with Crippen LogP contribution in [0.25, 0.3) is 0 Å². The van der Waals surface area contributed by atoms with Crippen molar-refractivity contribution >= 4 is 6.16 Å². The molecule has 0 bridgehead atoms. The Morgan fingerprint density at radius 3 is 2.75 bits per heavy atom. The minimum atomic E-state index is -0.664. The van der Waals surface area contributed by atoms with E-state index in [0.29, 0.717) is 0 Å². The second-order valence-electron chi connectivity index (χ2n) is 2.15. The summed E-state index contributed by atoms with van der Waals surface area (Å²) in [6.07, 6.45) is -0.664. The molecule has 12 heavy (non-hydrogen) atoms. The van der Waals surface area contributed by atoms with E-state index < -0.39 is 6.16 Å². The third-order valence-electron chi connectivity index (χ3n) is 1.31. The van der Waals surface area contributed by atoms with Crippen LogP contribution in [0.15, 0.2) is 24.3 Å². The molecule has 0 heterocycles. The predicted molar refractivity (Wildman–Crippen MR) is 42.5 cm³/mol. The van der Waals surface area contributed by atoms with Gasteiger partial charge in [0, 0.05) is 0 Å². The molecule has 0 spiro atoms. The Bertz CT molecular complexity index is 243. The first-order chi connectivity index (χ1) is 5.83. The summed E-state index contributed by atoms with van der Waals surface area (Å²) in [4.78, 5) is 10.5. The van der Waals surface area contributed by atoms with Crippen LogP contribution in [-0.4, -0.2) is 13.3 Å². The highest BCUT2D eigenvalue weighted by atomic mass is 16.7. The molecule has 0 saturated heterocycles. The van der Waals surface area contributed by atoms with E-state index in [-0.39, 0.29) is 6.61 Å². The van der Waals surface area contributed by atoms with Crippen molar-refractivity contribution in [3.8, 4) is 0 Å². The summed E-state index contributed by atoms with van der Waals surface area (Å²) in [5.41, 5.74) is 0.916. The molecule has 3 heteroatoms. The van der Waals surface area contributed by atoms with Gasteiger partial charge in [0.05, 0.1) is 7.11 Å². The van der Waals surface area contributed by atoms with E-state index in [4.69, 9.17) is 4.74 Å². The SMILES string of the molecule is COC(=O)OCc1cc[c]cc1. The molecule has 0 N–H and O–H groups in total. The van der Waals surface area contributed by atoms with E-state index in [1.165, 1.54) is 7.11 Å². The van der Waals surface area contributed by atoms with Crippen molar-refractivity contribution in [2.24, 2.45) is 0 Å². The molecule has 1 aromatic carbocycles. The molecule has 0 unspecified atom stereocenters. The fourth-order valence-corrected chi connectivity index (χ4v) is 0.719. The lowest BCUT2D eigenvalue weighted by Crippen LogP contribution is -2.03. The highest BCUT2D eigenvalue weighted by molar-refractivity contribution is 5.59. The molecule has 0 aromatic heterocycles. The smallest absolute Gasteiger partial charge is 0.438 e. The normalized spacial score (nSPS) is 9.08. The molecule has 1 rings (SSSR count). The van der Waals surface area contributed by atoms with E-state index in [2.05, 4.69) is 10.8 Å². The largest absolute Gasteiger partial charge is 0.508 e. The van der Waals surface area contributed by atoms with Crippen LogP contribution in [0.2, 0.25) is 0 Å². The lowest BCUT2D eigenvalue weighted by molar-refractivity contribution is 0.0669. The van der Waals surface area contributed by atoms with E-state index in [1.807, 2.05) is 12.1 Å². The van der Waals surface area contributed by atoms with Gasteiger partial charge in [-0.3, -0.25) is 0 Å². The van der Waals surface area contributed by atoms with Gasteiger partial charge >= 0.3 is 6.16 Å². The average Bonchev–Trinajstić information content (AvgIpc) is 2.16. The first kappa shape index (κ1) is 8.59. The van der Waals surface area contributed by atoms with Gasteiger partial charge in [0.15, 0.2) is 0 Å². The maximum absolute atomic E-state index is 10.5. The van der Waals surface area contributed by atoms with Gasteiger partial charge in [-0.25, -0.2) is 4.79 Å². The van der Waals surface area contributed by atoms with Crippen molar-refractivity contribution in [3.05, 3.63) is 35.9 Å². The zero-order valence-electron chi connectivity index (χ0n) is 6.74. The third kappa shape index (κ3) is 2.62. The average molecular weight is 165 g/mol. The number of methoxy groups -OCH3 is 1. The lowest BCUT2D eigenvalue weighted by Gasteiger charge is -2.01. The molecule has 0 aliphatic carbocycles. The topological polar surface area (TPSA) is 35.5 Å². The molecule has 0 fully saturated rings. The van der Waals surface area contributed by atoms with E-state index in [9.17, 15) is 4.79 Å². The van der Waals surface area contributed by atoms with Gasteiger partial charge in [0.2, 0.25) is 0 Å². The maximum atomic E-state index is 10.5. The number of benzene rings is 1. The molecular formula is C9H9O3. The molecule has 0 saturated carbocycles. The van der Waals surface area contributed by atoms with Gasteiger partial charge in [-0.05, 0) is 11.6 Å². The van der Waals surface area contributed by atoms with E-state index in [0.717, 1.165) is 5.56 Å². The van der Waals surface area contributed by atoms with Gasteiger partial charge in [0.25, 0.3) is 0 Å². The first-order valence-corrected chi connectivity index (χ1v) is 3.48. The number of ether oxygens (including phenoxy) is 2. The van der Waals surface area contributed by atoms with E-state index in [1.54, 1.807) is 12.1 Å². The highest BCUT2D eigenvalue weighted by Crippen LogP contribution is 2.00. The van der Waals surface area contributed by atoms with Crippen molar-refractivity contribution < 1.29 is 14.3 Å². The fraction of sp³-hybridized carbons (Fsp3) is 0.222. The summed E-state index contributed by atoms with van der Waals surface area (Å²) in [6, 6.07) is 10.0. The number of hydrogen-bond donors (Lipinski definition) is 0. The van der Waals surface area contributed by atoms with Gasteiger partial charge in [-0.15, -0.1) is 0 Å². The predicted octanol–water partition coefficient (Wildman–Crippen LogP) is 1.77. The summed E-state index contributed by atoms with van der Waals surface area (Å²) in [5.74, 6) is 0. The zero-order chi connectivity index (χ0) is 8.81. The van der Waals surface area contributed by atoms with Crippen LogP contribution in [-0.2, 0) is 16.1 Å². The molecule has 3 nitrogen and oxygen atoms in total. The monoisotopic (exact) mass is 165 g/mol. The molecule has 63 valence electrons.